The first-order chi connectivity index (χ1) is 18.4. The molecule has 1 aliphatic carbocycles. The average molecular weight is 532 g/mol. The third-order valence-corrected chi connectivity index (χ3v) is 7.25. The third-order valence-electron chi connectivity index (χ3n) is 6.94. The molecule has 38 heavy (non-hydrogen) atoms. The minimum Gasteiger partial charge on any atom is -0.490 e. The van der Waals surface area contributed by atoms with Crippen LogP contribution in [0.3, 0.4) is 0 Å². The van der Waals surface area contributed by atoms with E-state index in [0.29, 0.717) is 22.7 Å². The van der Waals surface area contributed by atoms with Crippen LogP contribution >= 0.6 is 11.6 Å². The quantitative estimate of drug-likeness (QED) is 0.273. The number of esters is 1. The molecule has 1 fully saturated rings. The van der Waals surface area contributed by atoms with E-state index >= 15 is 0 Å². The fourth-order valence-corrected chi connectivity index (χ4v) is 5.23. The number of benzene rings is 3. The summed E-state index contributed by atoms with van der Waals surface area (Å²) in [6, 6.07) is 20.8. The topological polar surface area (TPSA) is 88.6 Å². The van der Waals surface area contributed by atoms with Crippen molar-refractivity contribution in [1.82, 2.24) is 4.98 Å². The van der Waals surface area contributed by atoms with Gasteiger partial charge in [0.2, 0.25) is 0 Å². The summed E-state index contributed by atoms with van der Waals surface area (Å²) in [6.07, 6.45) is 3.31. The van der Waals surface area contributed by atoms with E-state index in [1.807, 2.05) is 60.7 Å². The Kier molecular flexibility index (Phi) is 7.82. The zero-order valence-corrected chi connectivity index (χ0v) is 22.0. The highest BCUT2D eigenvalue weighted by Gasteiger charge is 2.20. The fourth-order valence-electron chi connectivity index (χ4n) is 4.96. The molecule has 0 aliphatic heterocycles. The molecule has 0 spiro atoms. The number of aliphatic hydroxyl groups excluding tert-OH is 1. The van der Waals surface area contributed by atoms with Gasteiger partial charge in [0, 0.05) is 16.6 Å². The Balaban J connectivity index is 1.42. The number of carbonyl (C=O) groups is 1. The first-order valence-corrected chi connectivity index (χ1v) is 13.3. The maximum absolute atomic E-state index is 12.9. The number of aromatic nitrogens is 1. The molecule has 1 aromatic heterocycles. The van der Waals surface area contributed by atoms with E-state index in [1.54, 1.807) is 13.0 Å². The lowest BCUT2D eigenvalue weighted by atomic mass is 9.95. The monoisotopic (exact) mass is 531 g/mol. The summed E-state index contributed by atoms with van der Waals surface area (Å²) in [4.78, 5) is 27.8. The Morgan fingerprint density at radius 1 is 0.974 bits per heavy atom. The van der Waals surface area contributed by atoms with Gasteiger partial charge in [-0.05, 0) is 85.0 Å². The Bertz CT molecular complexity index is 1500. The van der Waals surface area contributed by atoms with Gasteiger partial charge in [-0.15, -0.1) is 0 Å². The summed E-state index contributed by atoms with van der Waals surface area (Å²) in [7, 11) is 0. The number of rotatable bonds is 7. The van der Waals surface area contributed by atoms with Crippen molar-refractivity contribution in [3.05, 3.63) is 87.7 Å². The second-order valence-electron chi connectivity index (χ2n) is 9.69. The lowest BCUT2D eigenvalue weighted by Crippen LogP contribution is -2.26. The van der Waals surface area contributed by atoms with Gasteiger partial charge in [0.05, 0.1) is 30.3 Å². The lowest BCUT2D eigenvalue weighted by Gasteiger charge is -2.26. The first-order valence-electron chi connectivity index (χ1n) is 13.0. The van der Waals surface area contributed by atoms with Gasteiger partial charge in [0.25, 0.3) is 5.56 Å². The average Bonchev–Trinajstić information content (AvgIpc) is 2.90. The number of hydrogen-bond acceptors (Lipinski definition) is 5. The van der Waals surface area contributed by atoms with Crippen LogP contribution in [0.2, 0.25) is 5.02 Å². The van der Waals surface area contributed by atoms with Crippen molar-refractivity contribution >= 4 is 28.5 Å². The molecule has 0 atom stereocenters. The van der Waals surface area contributed by atoms with E-state index < -0.39 is 0 Å². The minimum absolute atomic E-state index is 0.125. The van der Waals surface area contributed by atoms with Gasteiger partial charge in [-0.2, -0.15) is 0 Å². The smallest absolute Gasteiger partial charge is 0.310 e. The number of nitrogens with one attached hydrogen (secondary N) is 1. The summed E-state index contributed by atoms with van der Waals surface area (Å²) >= 11 is 6.63. The van der Waals surface area contributed by atoms with Gasteiger partial charge < -0.3 is 19.6 Å². The van der Waals surface area contributed by atoms with Crippen molar-refractivity contribution in [3.8, 4) is 28.0 Å². The van der Waals surface area contributed by atoms with Crippen LogP contribution in [0.25, 0.3) is 33.2 Å². The summed E-state index contributed by atoms with van der Waals surface area (Å²) in [5.74, 6) is 0.492. The Morgan fingerprint density at radius 3 is 2.45 bits per heavy atom. The number of halogens is 1. The van der Waals surface area contributed by atoms with E-state index in [0.717, 1.165) is 59.1 Å². The summed E-state index contributed by atoms with van der Waals surface area (Å²) in [5.41, 5.74) is 4.22. The molecule has 0 radical (unpaired) electrons. The maximum Gasteiger partial charge on any atom is 0.310 e. The molecular weight excluding hydrogens is 502 g/mol. The molecule has 2 N–H and O–H groups in total. The van der Waals surface area contributed by atoms with E-state index in [2.05, 4.69) is 4.98 Å². The van der Waals surface area contributed by atoms with Gasteiger partial charge in [-0.1, -0.05) is 48.0 Å². The van der Waals surface area contributed by atoms with Gasteiger partial charge in [0.1, 0.15) is 5.75 Å². The second-order valence-corrected chi connectivity index (χ2v) is 10.1. The maximum atomic E-state index is 12.9. The van der Waals surface area contributed by atoms with Crippen molar-refractivity contribution < 1.29 is 19.4 Å². The van der Waals surface area contributed by atoms with Crippen LogP contribution in [0.15, 0.2) is 71.5 Å². The van der Waals surface area contributed by atoms with Crippen molar-refractivity contribution in [2.75, 3.05) is 6.61 Å². The molecular formula is C31H30ClNO5. The van der Waals surface area contributed by atoms with E-state index in [1.165, 1.54) is 0 Å². The van der Waals surface area contributed by atoms with Crippen LogP contribution in [-0.2, 0) is 16.0 Å². The van der Waals surface area contributed by atoms with E-state index in [4.69, 9.17) is 21.1 Å². The number of aromatic amines is 1. The molecule has 0 amide bonds. The van der Waals surface area contributed by atoms with E-state index in [-0.39, 0.29) is 30.2 Å². The molecule has 7 heteroatoms. The Hall–Kier alpha value is -3.61. The zero-order chi connectivity index (χ0) is 26.6. The largest absolute Gasteiger partial charge is 0.490 e. The fraction of sp³-hybridized carbons (Fsp3) is 0.290. The van der Waals surface area contributed by atoms with Crippen molar-refractivity contribution in [1.29, 1.82) is 0 Å². The van der Waals surface area contributed by atoms with Crippen molar-refractivity contribution in [2.24, 2.45) is 0 Å². The molecule has 1 saturated carbocycles. The van der Waals surface area contributed by atoms with Gasteiger partial charge in [0.15, 0.2) is 0 Å². The number of aliphatic hydroxyl groups is 1. The van der Waals surface area contributed by atoms with E-state index in [9.17, 15) is 14.7 Å². The number of pyridine rings is 1. The van der Waals surface area contributed by atoms with Gasteiger partial charge in [-0.25, -0.2) is 0 Å². The molecule has 1 heterocycles. The van der Waals surface area contributed by atoms with Crippen LogP contribution in [0.1, 0.15) is 38.2 Å². The molecule has 4 aromatic rings. The number of hydrogen-bond donors (Lipinski definition) is 2. The minimum atomic E-state index is -0.301. The third kappa shape index (κ3) is 5.93. The highest BCUT2D eigenvalue weighted by molar-refractivity contribution is 6.34. The number of H-pyrrole nitrogens is 1. The normalized spacial score (nSPS) is 17.3. The van der Waals surface area contributed by atoms with Crippen LogP contribution < -0.4 is 10.3 Å². The van der Waals surface area contributed by atoms with Crippen molar-refractivity contribution in [3.63, 3.8) is 0 Å². The van der Waals surface area contributed by atoms with Crippen molar-refractivity contribution in [2.45, 2.75) is 51.2 Å². The standard InChI is InChI=1S/C31H30ClNO5/c1-2-37-30(35)15-19-4-3-5-21(14-19)27-17-22-16-26(28(32)18-29(22)33-31(27)36)20-6-10-24(11-7-20)38-25-12-8-23(34)9-13-25/h3-7,10-11,14,16-18,23,25,34H,2,8-9,12-13,15H2,1H3,(H,33,36). The second kappa shape index (κ2) is 11.4. The molecule has 1 aliphatic rings. The SMILES string of the molecule is CCOC(=O)Cc1cccc(-c2cc3cc(-c4ccc(OC5CCC(O)CC5)cc4)c(Cl)cc3[nH]c2=O)c1. The van der Waals surface area contributed by atoms with Gasteiger partial charge >= 0.3 is 5.97 Å². The van der Waals surface area contributed by atoms with Crippen LogP contribution in [0, 0.1) is 0 Å². The van der Waals surface area contributed by atoms with Crippen LogP contribution in [0.4, 0.5) is 0 Å². The van der Waals surface area contributed by atoms with Crippen LogP contribution in [-0.4, -0.2) is 34.9 Å². The summed E-state index contributed by atoms with van der Waals surface area (Å²) in [6.45, 7) is 2.10. The van der Waals surface area contributed by atoms with Crippen LogP contribution in [0.5, 0.6) is 5.75 Å². The summed E-state index contributed by atoms with van der Waals surface area (Å²) < 4.78 is 11.2. The summed E-state index contributed by atoms with van der Waals surface area (Å²) in [5, 5.41) is 11.1. The Labute approximate surface area is 226 Å². The van der Waals surface area contributed by atoms with Gasteiger partial charge in [-0.3, -0.25) is 9.59 Å². The number of ether oxygens (including phenoxy) is 2. The highest BCUT2D eigenvalue weighted by Crippen LogP contribution is 2.34. The highest BCUT2D eigenvalue weighted by atomic mass is 35.5. The predicted octanol–water partition coefficient (Wildman–Crippen LogP) is 6.30. The molecule has 0 saturated heterocycles. The molecule has 0 unspecified atom stereocenters. The molecule has 0 bridgehead atoms. The molecule has 3 aromatic carbocycles. The number of fused-ring (bicyclic) bond motifs is 1. The zero-order valence-electron chi connectivity index (χ0n) is 21.2. The molecule has 196 valence electrons. The lowest BCUT2D eigenvalue weighted by molar-refractivity contribution is -0.142. The first kappa shape index (κ1) is 26.0. The molecule has 5 rings (SSSR count). The molecule has 6 nitrogen and oxygen atoms in total. The predicted molar refractivity (Wildman–Crippen MR) is 150 cm³/mol. The Morgan fingerprint density at radius 2 is 1.71 bits per heavy atom. The number of carbonyl (C=O) groups excluding carboxylic acids is 1.